The number of rotatable bonds is 46. The summed E-state index contributed by atoms with van der Waals surface area (Å²) in [4.78, 5) is 37.7. The van der Waals surface area contributed by atoms with E-state index in [1.165, 1.54) is 141 Å². The summed E-state index contributed by atoms with van der Waals surface area (Å²) in [6.45, 7) is 4.24. The summed E-state index contributed by atoms with van der Waals surface area (Å²) in [6.07, 6.45) is 47.7. The molecule has 0 aliphatic carbocycles. The molecule has 0 aromatic heterocycles. The molecule has 0 bridgehead atoms. The third kappa shape index (κ3) is 46.0. The summed E-state index contributed by atoms with van der Waals surface area (Å²) in [5.74, 6) is -0.836. The maximum absolute atomic E-state index is 12.7. The van der Waals surface area contributed by atoms with Crippen LogP contribution >= 0.6 is 7.82 Å². The molecule has 9 nitrogen and oxygen atoms in total. The zero-order valence-electron chi connectivity index (χ0n) is 39.9. The number of ether oxygens (including phenoxy) is 2. The summed E-state index contributed by atoms with van der Waals surface area (Å²) in [6, 6.07) is 0. The van der Waals surface area contributed by atoms with E-state index < -0.39 is 26.5 Å². The minimum Gasteiger partial charge on any atom is -0.756 e. The highest BCUT2D eigenvalue weighted by Gasteiger charge is 2.21. The van der Waals surface area contributed by atoms with Crippen LogP contribution in [0.15, 0.2) is 24.3 Å². The van der Waals surface area contributed by atoms with Gasteiger partial charge in [0.05, 0.1) is 27.7 Å². The average Bonchev–Trinajstić information content (AvgIpc) is 3.20. The van der Waals surface area contributed by atoms with Gasteiger partial charge in [-0.2, -0.15) is 0 Å². The van der Waals surface area contributed by atoms with Crippen molar-refractivity contribution in [2.45, 2.75) is 238 Å². The van der Waals surface area contributed by atoms with Crippen molar-refractivity contribution in [3.8, 4) is 0 Å². The van der Waals surface area contributed by atoms with Crippen LogP contribution in [0.25, 0.3) is 0 Å². The van der Waals surface area contributed by atoms with Gasteiger partial charge in [0.1, 0.15) is 19.8 Å². The quantitative estimate of drug-likeness (QED) is 0.0195. The number of allylic oxidation sites excluding steroid dienone is 4. The van der Waals surface area contributed by atoms with Gasteiger partial charge in [-0.1, -0.05) is 179 Å². The van der Waals surface area contributed by atoms with Gasteiger partial charge in [0.15, 0.2) is 6.10 Å². The topological polar surface area (TPSA) is 111 Å². The molecule has 0 aromatic rings. The average molecular weight is 870 g/mol. The molecule has 0 spiro atoms. The Morgan fingerprint density at radius 1 is 0.500 bits per heavy atom. The number of unbranched alkanes of at least 4 members (excludes halogenated alkanes) is 28. The number of phosphoric acid groups is 1. The number of likely N-dealkylation sites (N-methyl/N-ethyl adjacent to an activating group) is 1. The molecular formula is C50H96NO8P. The highest BCUT2D eigenvalue weighted by atomic mass is 31.2. The summed E-state index contributed by atoms with van der Waals surface area (Å²) in [7, 11) is 1.17. The van der Waals surface area contributed by atoms with E-state index in [0.717, 1.165) is 57.8 Å². The van der Waals surface area contributed by atoms with Gasteiger partial charge in [-0.05, 0) is 64.2 Å². The third-order valence-electron chi connectivity index (χ3n) is 10.9. The second kappa shape index (κ2) is 42.8. The Hall–Kier alpha value is -1.51. The molecule has 60 heavy (non-hydrogen) atoms. The summed E-state index contributed by atoms with van der Waals surface area (Å²) < 4.78 is 34.0. The monoisotopic (exact) mass is 870 g/mol. The highest BCUT2D eigenvalue weighted by Crippen LogP contribution is 2.38. The van der Waals surface area contributed by atoms with Crippen LogP contribution in [0.2, 0.25) is 0 Å². The van der Waals surface area contributed by atoms with Crippen molar-refractivity contribution in [1.29, 1.82) is 0 Å². The molecule has 1 unspecified atom stereocenters. The fourth-order valence-electron chi connectivity index (χ4n) is 7.00. The zero-order chi connectivity index (χ0) is 44.3. The van der Waals surface area contributed by atoms with Gasteiger partial charge in [0, 0.05) is 12.8 Å². The maximum Gasteiger partial charge on any atom is 0.306 e. The lowest BCUT2D eigenvalue weighted by Crippen LogP contribution is -2.37. The number of carbonyl (C=O) groups excluding carboxylic acids is 2. The first-order chi connectivity index (χ1) is 29.0. The fraction of sp³-hybridized carbons (Fsp3) is 0.880. The molecule has 0 heterocycles. The fourth-order valence-corrected chi connectivity index (χ4v) is 7.73. The molecule has 0 amide bonds. The Balaban J connectivity index is 4.25. The van der Waals surface area contributed by atoms with Gasteiger partial charge in [-0.15, -0.1) is 0 Å². The van der Waals surface area contributed by atoms with Crippen molar-refractivity contribution in [1.82, 2.24) is 0 Å². The Morgan fingerprint density at radius 2 is 0.850 bits per heavy atom. The van der Waals surface area contributed by atoms with E-state index in [1.54, 1.807) is 0 Å². The van der Waals surface area contributed by atoms with E-state index in [4.69, 9.17) is 18.5 Å². The van der Waals surface area contributed by atoms with Crippen LogP contribution in [-0.2, 0) is 32.7 Å². The zero-order valence-corrected chi connectivity index (χ0v) is 40.8. The molecule has 10 heteroatoms. The third-order valence-corrected chi connectivity index (χ3v) is 11.9. The lowest BCUT2D eigenvalue weighted by molar-refractivity contribution is -0.870. The van der Waals surface area contributed by atoms with Crippen molar-refractivity contribution in [3.05, 3.63) is 24.3 Å². The van der Waals surface area contributed by atoms with Crippen LogP contribution in [0.5, 0.6) is 0 Å². The van der Waals surface area contributed by atoms with Crippen molar-refractivity contribution < 1.29 is 42.1 Å². The predicted molar refractivity (Wildman–Crippen MR) is 250 cm³/mol. The molecule has 0 saturated heterocycles. The van der Waals surface area contributed by atoms with Crippen LogP contribution in [0, 0.1) is 0 Å². The number of quaternary nitrogens is 1. The summed E-state index contributed by atoms with van der Waals surface area (Å²) in [5.41, 5.74) is 0. The largest absolute Gasteiger partial charge is 0.756 e. The van der Waals surface area contributed by atoms with E-state index in [0.29, 0.717) is 17.4 Å². The van der Waals surface area contributed by atoms with Crippen molar-refractivity contribution in [2.75, 3.05) is 47.5 Å². The van der Waals surface area contributed by atoms with Crippen LogP contribution in [0.3, 0.4) is 0 Å². The minimum absolute atomic E-state index is 0.0306. The molecule has 0 fully saturated rings. The first kappa shape index (κ1) is 58.5. The number of carbonyl (C=O) groups is 2. The molecule has 0 saturated carbocycles. The van der Waals surface area contributed by atoms with Gasteiger partial charge < -0.3 is 27.9 Å². The molecule has 354 valence electrons. The molecule has 0 aromatic carbocycles. The number of phosphoric ester groups is 1. The molecule has 0 rings (SSSR count). The molecule has 0 N–H and O–H groups in total. The van der Waals surface area contributed by atoms with Gasteiger partial charge in [-0.25, -0.2) is 0 Å². The van der Waals surface area contributed by atoms with E-state index in [9.17, 15) is 19.0 Å². The van der Waals surface area contributed by atoms with Crippen LogP contribution in [0.1, 0.15) is 232 Å². The number of hydrogen-bond acceptors (Lipinski definition) is 8. The second-order valence-electron chi connectivity index (χ2n) is 18.2. The molecular weight excluding hydrogens is 774 g/mol. The summed E-state index contributed by atoms with van der Waals surface area (Å²) in [5, 5.41) is 0. The van der Waals surface area contributed by atoms with Crippen molar-refractivity contribution >= 4 is 19.8 Å². The maximum atomic E-state index is 12.7. The number of nitrogens with zero attached hydrogens (tertiary/aromatic N) is 1. The summed E-state index contributed by atoms with van der Waals surface area (Å²) >= 11 is 0. The second-order valence-corrected chi connectivity index (χ2v) is 19.6. The van der Waals surface area contributed by atoms with E-state index in [2.05, 4.69) is 38.2 Å². The van der Waals surface area contributed by atoms with Gasteiger partial charge in [0.25, 0.3) is 7.82 Å². The Labute approximate surface area is 370 Å². The van der Waals surface area contributed by atoms with E-state index >= 15 is 0 Å². The molecule has 2 atom stereocenters. The lowest BCUT2D eigenvalue weighted by atomic mass is 10.0. The lowest BCUT2D eigenvalue weighted by Gasteiger charge is -2.28. The van der Waals surface area contributed by atoms with Gasteiger partial charge >= 0.3 is 11.9 Å². The van der Waals surface area contributed by atoms with Crippen molar-refractivity contribution in [2.24, 2.45) is 0 Å². The minimum atomic E-state index is -4.63. The first-order valence-corrected chi connectivity index (χ1v) is 26.5. The predicted octanol–water partition coefficient (Wildman–Crippen LogP) is 14.1. The van der Waals surface area contributed by atoms with Gasteiger partial charge in [-0.3, -0.25) is 14.2 Å². The van der Waals surface area contributed by atoms with E-state index in [1.807, 2.05) is 21.1 Å². The van der Waals surface area contributed by atoms with Crippen molar-refractivity contribution in [3.63, 3.8) is 0 Å². The number of hydrogen-bond donors (Lipinski definition) is 0. The SMILES string of the molecule is CCCCCCCC/C=C/CCCCCCCCCCCCCC(=O)O[C@H](COC(=O)CCCCCCC/C=C/CCCCCCCC)COP(=O)([O-])OCC[N+](C)(C)C. The molecule has 0 radical (unpaired) electrons. The standard InChI is InChI=1S/C50H96NO8P/c1-6-8-10-12-14-16-18-20-22-23-24-25-26-27-29-31-33-35-37-39-41-43-50(53)59-48(47-58-60(54,55)57-45-44-51(3,4)5)46-56-49(52)42-40-38-36-34-32-30-28-21-19-17-15-13-11-9-7-2/h20-22,28,48H,6-19,23-27,29-47H2,1-5H3/b22-20+,28-21+/t48-/m1/s1. The normalized spacial score (nSPS) is 13.6. The van der Waals surface area contributed by atoms with Crippen LogP contribution in [-0.4, -0.2) is 70.0 Å². The van der Waals surface area contributed by atoms with Gasteiger partial charge in [0.2, 0.25) is 0 Å². The van der Waals surface area contributed by atoms with Crippen LogP contribution in [0.4, 0.5) is 0 Å². The molecule has 0 aliphatic rings. The van der Waals surface area contributed by atoms with E-state index in [-0.39, 0.29) is 32.0 Å². The first-order valence-electron chi connectivity index (χ1n) is 25.0. The smallest absolute Gasteiger partial charge is 0.306 e. The Bertz CT molecular complexity index is 1070. The Morgan fingerprint density at radius 3 is 1.23 bits per heavy atom. The highest BCUT2D eigenvalue weighted by molar-refractivity contribution is 7.45. The Kier molecular flexibility index (Phi) is 41.7. The van der Waals surface area contributed by atoms with Crippen LogP contribution < -0.4 is 4.89 Å². The number of esters is 2. The molecule has 0 aliphatic heterocycles.